The molecule has 2 heterocycles. The van der Waals surface area contributed by atoms with Gasteiger partial charge in [-0.25, -0.2) is 9.48 Å². The summed E-state index contributed by atoms with van der Waals surface area (Å²) in [7, 11) is 1.62. The fourth-order valence-corrected chi connectivity index (χ4v) is 3.47. The van der Waals surface area contributed by atoms with Gasteiger partial charge in [-0.15, -0.1) is 0 Å². The highest BCUT2D eigenvalue weighted by atomic mass is 16.5. The van der Waals surface area contributed by atoms with E-state index in [-0.39, 0.29) is 5.69 Å². The van der Waals surface area contributed by atoms with Crippen LogP contribution in [0.5, 0.6) is 11.5 Å². The Morgan fingerprint density at radius 2 is 2.13 bits per heavy atom. The SMILES string of the molecule is CCNC(=NCCCn1nc2n(c1=O)CCCC2)Nc1ccc(OC)c(OCC)c1. The lowest BCUT2D eigenvalue weighted by Gasteiger charge is -2.14. The molecular formula is C21H32N6O3. The maximum Gasteiger partial charge on any atom is 0.345 e. The van der Waals surface area contributed by atoms with Crippen molar-refractivity contribution in [1.29, 1.82) is 0 Å². The fraction of sp³-hybridized carbons (Fsp3) is 0.571. The van der Waals surface area contributed by atoms with E-state index in [4.69, 9.17) is 9.47 Å². The molecule has 0 radical (unpaired) electrons. The zero-order chi connectivity index (χ0) is 21.3. The Morgan fingerprint density at radius 3 is 2.87 bits per heavy atom. The minimum Gasteiger partial charge on any atom is -0.493 e. The number of anilines is 1. The van der Waals surface area contributed by atoms with Crippen molar-refractivity contribution in [2.24, 2.45) is 4.99 Å². The molecule has 9 heteroatoms. The average molecular weight is 417 g/mol. The van der Waals surface area contributed by atoms with E-state index < -0.39 is 0 Å². The third-order valence-electron chi connectivity index (χ3n) is 4.90. The van der Waals surface area contributed by atoms with Crippen LogP contribution in [0.25, 0.3) is 0 Å². The second kappa shape index (κ2) is 10.7. The molecule has 0 spiro atoms. The quantitative estimate of drug-likeness (QED) is 0.370. The molecule has 1 aromatic heterocycles. The summed E-state index contributed by atoms with van der Waals surface area (Å²) in [6.07, 6.45) is 3.78. The smallest absolute Gasteiger partial charge is 0.345 e. The van der Waals surface area contributed by atoms with Crippen LogP contribution in [0.3, 0.4) is 0 Å². The molecule has 3 rings (SSSR count). The van der Waals surface area contributed by atoms with E-state index in [9.17, 15) is 4.79 Å². The van der Waals surface area contributed by atoms with Crippen molar-refractivity contribution in [3.05, 3.63) is 34.5 Å². The van der Waals surface area contributed by atoms with Gasteiger partial charge in [0.1, 0.15) is 5.82 Å². The van der Waals surface area contributed by atoms with Crippen LogP contribution in [-0.2, 0) is 19.5 Å². The van der Waals surface area contributed by atoms with Crippen LogP contribution < -0.4 is 25.8 Å². The molecule has 2 N–H and O–H groups in total. The van der Waals surface area contributed by atoms with Gasteiger partial charge < -0.3 is 20.1 Å². The summed E-state index contributed by atoms with van der Waals surface area (Å²) in [5.41, 5.74) is 0.859. The molecule has 30 heavy (non-hydrogen) atoms. The zero-order valence-corrected chi connectivity index (χ0v) is 18.1. The van der Waals surface area contributed by atoms with Gasteiger partial charge in [0.15, 0.2) is 17.5 Å². The van der Waals surface area contributed by atoms with Gasteiger partial charge in [0.2, 0.25) is 0 Å². The Hall–Kier alpha value is -2.97. The van der Waals surface area contributed by atoms with Crippen molar-refractivity contribution in [3.8, 4) is 11.5 Å². The predicted molar refractivity (Wildman–Crippen MR) is 118 cm³/mol. The first-order valence-corrected chi connectivity index (χ1v) is 10.7. The van der Waals surface area contributed by atoms with Gasteiger partial charge in [-0.2, -0.15) is 5.10 Å². The van der Waals surface area contributed by atoms with Gasteiger partial charge in [-0.3, -0.25) is 9.56 Å². The number of guanidine groups is 1. The van der Waals surface area contributed by atoms with Crippen LogP contribution in [0.4, 0.5) is 5.69 Å². The fourth-order valence-electron chi connectivity index (χ4n) is 3.47. The van der Waals surface area contributed by atoms with Crippen molar-refractivity contribution in [2.75, 3.05) is 32.1 Å². The van der Waals surface area contributed by atoms with Crippen LogP contribution in [0.1, 0.15) is 38.9 Å². The Labute approximate surface area is 177 Å². The first-order valence-electron chi connectivity index (χ1n) is 10.7. The van der Waals surface area contributed by atoms with E-state index in [1.165, 1.54) is 0 Å². The third kappa shape index (κ3) is 5.34. The standard InChI is InChI=1S/C21H32N6O3/c1-4-22-20(24-16-10-11-17(29-3)18(15-16)30-5-2)23-12-8-14-27-21(28)26-13-7-6-9-19(26)25-27/h10-11,15H,4-9,12-14H2,1-3H3,(H2,22,23,24). The lowest BCUT2D eigenvalue weighted by Crippen LogP contribution is -2.31. The number of ether oxygens (including phenoxy) is 2. The minimum atomic E-state index is 0.000368. The molecule has 1 aliphatic rings. The Bertz CT molecular complexity index is 918. The number of benzene rings is 1. The van der Waals surface area contributed by atoms with Gasteiger partial charge in [-0.05, 0) is 45.2 Å². The van der Waals surface area contributed by atoms with E-state index in [1.54, 1.807) is 16.4 Å². The third-order valence-corrected chi connectivity index (χ3v) is 4.90. The van der Waals surface area contributed by atoms with Gasteiger partial charge in [0, 0.05) is 44.4 Å². The van der Waals surface area contributed by atoms with E-state index in [0.29, 0.717) is 37.2 Å². The van der Waals surface area contributed by atoms with Crippen molar-refractivity contribution >= 4 is 11.6 Å². The number of aliphatic imine (C=N–C) groups is 1. The number of hydrogen-bond acceptors (Lipinski definition) is 5. The van der Waals surface area contributed by atoms with Crippen LogP contribution in [-0.4, -0.2) is 47.1 Å². The first-order chi connectivity index (χ1) is 14.7. The van der Waals surface area contributed by atoms with Crippen LogP contribution in [0.2, 0.25) is 0 Å². The molecule has 2 aromatic rings. The molecule has 0 aliphatic carbocycles. The van der Waals surface area contributed by atoms with Crippen molar-refractivity contribution in [3.63, 3.8) is 0 Å². The summed E-state index contributed by atoms with van der Waals surface area (Å²) < 4.78 is 14.4. The molecule has 0 saturated heterocycles. The molecular weight excluding hydrogens is 384 g/mol. The Balaban J connectivity index is 1.60. The predicted octanol–water partition coefficient (Wildman–Crippen LogP) is 2.26. The maximum atomic E-state index is 12.4. The van der Waals surface area contributed by atoms with Gasteiger partial charge in [0.25, 0.3) is 0 Å². The normalized spacial score (nSPS) is 13.6. The van der Waals surface area contributed by atoms with E-state index in [2.05, 4.69) is 20.7 Å². The largest absolute Gasteiger partial charge is 0.493 e. The number of hydrogen-bond donors (Lipinski definition) is 2. The average Bonchev–Trinajstić information content (AvgIpc) is 3.07. The molecule has 0 saturated carbocycles. The van der Waals surface area contributed by atoms with Crippen molar-refractivity contribution < 1.29 is 9.47 Å². The highest BCUT2D eigenvalue weighted by Crippen LogP contribution is 2.30. The van der Waals surface area contributed by atoms with Crippen molar-refractivity contribution in [2.45, 2.75) is 52.6 Å². The number of nitrogens with one attached hydrogen (secondary N) is 2. The summed E-state index contributed by atoms with van der Waals surface area (Å²) in [5, 5.41) is 11.0. The molecule has 164 valence electrons. The van der Waals surface area contributed by atoms with Gasteiger partial charge in [-0.1, -0.05) is 0 Å². The molecule has 0 amide bonds. The van der Waals surface area contributed by atoms with E-state index >= 15 is 0 Å². The summed E-state index contributed by atoms with van der Waals surface area (Å²) in [4.78, 5) is 17.0. The van der Waals surface area contributed by atoms with E-state index in [0.717, 1.165) is 50.3 Å². The lowest BCUT2D eigenvalue weighted by molar-refractivity contribution is 0.311. The molecule has 1 aliphatic heterocycles. The maximum absolute atomic E-state index is 12.4. The number of fused-ring (bicyclic) bond motifs is 1. The van der Waals surface area contributed by atoms with Gasteiger partial charge >= 0.3 is 5.69 Å². The molecule has 0 fully saturated rings. The lowest BCUT2D eigenvalue weighted by atomic mass is 10.2. The van der Waals surface area contributed by atoms with Crippen LogP contribution in [0.15, 0.2) is 28.0 Å². The Kier molecular flexibility index (Phi) is 7.75. The number of nitrogens with zero attached hydrogens (tertiary/aromatic N) is 4. The van der Waals surface area contributed by atoms with Crippen LogP contribution in [0, 0.1) is 0 Å². The summed E-state index contributed by atoms with van der Waals surface area (Å²) in [5.74, 6) is 2.97. The van der Waals surface area contributed by atoms with Gasteiger partial charge in [0.05, 0.1) is 13.7 Å². The topological polar surface area (TPSA) is 94.7 Å². The number of methoxy groups -OCH3 is 1. The zero-order valence-electron chi connectivity index (χ0n) is 18.1. The second-order valence-electron chi connectivity index (χ2n) is 7.07. The minimum absolute atomic E-state index is 0.000368. The molecule has 0 unspecified atom stereocenters. The molecule has 1 aromatic carbocycles. The second-order valence-corrected chi connectivity index (χ2v) is 7.07. The summed E-state index contributed by atoms with van der Waals surface area (Å²) in [6.45, 7) is 7.20. The Morgan fingerprint density at radius 1 is 1.27 bits per heavy atom. The molecule has 0 bridgehead atoms. The number of rotatable bonds is 9. The molecule has 0 atom stereocenters. The highest BCUT2D eigenvalue weighted by Gasteiger charge is 2.16. The molecule has 9 nitrogen and oxygen atoms in total. The summed E-state index contributed by atoms with van der Waals surface area (Å²) in [6, 6.07) is 5.68. The van der Waals surface area contributed by atoms with Crippen molar-refractivity contribution in [1.82, 2.24) is 19.7 Å². The van der Waals surface area contributed by atoms with E-state index in [1.807, 2.05) is 32.0 Å². The number of aryl methyl sites for hydroxylation is 2. The first kappa shape index (κ1) is 21.7. The monoisotopic (exact) mass is 416 g/mol. The summed E-state index contributed by atoms with van der Waals surface area (Å²) >= 11 is 0. The van der Waals surface area contributed by atoms with Crippen LogP contribution >= 0.6 is 0 Å². The highest BCUT2D eigenvalue weighted by molar-refractivity contribution is 5.93. The number of aromatic nitrogens is 3.